The molecule has 31 heavy (non-hydrogen) atoms. The molecule has 3 N–H and O–H groups in total. The molecule has 2 aromatic heterocycles. The van der Waals surface area contributed by atoms with Crippen molar-refractivity contribution >= 4 is 32.3 Å². The molecular formula is C23H25N5O2S. The van der Waals surface area contributed by atoms with Crippen molar-refractivity contribution in [1.82, 2.24) is 14.8 Å². The standard InChI is InChI=1S/C23H25N5O2S/c1-15-13-21(27-31(29,30)17-11-9-16(10-12-17)23(2,3)4)28(26-15)22-19-8-6-5-7-18(19)20(24)14-25-22/h5-14,27H,24H2,1-4H3. The third-order valence-electron chi connectivity index (χ3n) is 5.11. The van der Waals surface area contributed by atoms with Crippen LogP contribution in [0.4, 0.5) is 11.5 Å². The van der Waals surface area contributed by atoms with Crippen molar-refractivity contribution in [2.45, 2.75) is 38.0 Å². The van der Waals surface area contributed by atoms with E-state index in [1.165, 1.54) is 4.68 Å². The molecular weight excluding hydrogens is 410 g/mol. The van der Waals surface area contributed by atoms with E-state index in [4.69, 9.17) is 5.73 Å². The Hall–Kier alpha value is -3.39. The second-order valence-electron chi connectivity index (χ2n) is 8.55. The maximum atomic E-state index is 13.1. The molecule has 2 heterocycles. The summed E-state index contributed by atoms with van der Waals surface area (Å²) >= 11 is 0. The highest BCUT2D eigenvalue weighted by Gasteiger charge is 2.21. The number of hydrogen-bond donors (Lipinski definition) is 2. The Morgan fingerprint density at radius 2 is 1.65 bits per heavy atom. The minimum absolute atomic E-state index is 0.0622. The summed E-state index contributed by atoms with van der Waals surface area (Å²) in [5.74, 6) is 0.804. The summed E-state index contributed by atoms with van der Waals surface area (Å²) < 4.78 is 30.3. The number of sulfonamides is 1. The van der Waals surface area contributed by atoms with E-state index >= 15 is 0 Å². The number of nitrogens with two attached hydrogens (primary N) is 1. The second-order valence-corrected chi connectivity index (χ2v) is 10.2. The van der Waals surface area contributed by atoms with Crippen LogP contribution in [0.1, 0.15) is 32.0 Å². The zero-order valence-corrected chi connectivity index (χ0v) is 18.7. The topological polar surface area (TPSA) is 103 Å². The van der Waals surface area contributed by atoms with Gasteiger partial charge in [0.1, 0.15) is 5.82 Å². The molecule has 0 unspecified atom stereocenters. The van der Waals surface area contributed by atoms with Gasteiger partial charge in [-0.15, -0.1) is 0 Å². The van der Waals surface area contributed by atoms with E-state index in [-0.39, 0.29) is 10.3 Å². The molecule has 7 nitrogen and oxygen atoms in total. The average Bonchev–Trinajstić information content (AvgIpc) is 3.07. The molecule has 4 rings (SSSR count). The number of anilines is 2. The maximum absolute atomic E-state index is 13.1. The lowest BCUT2D eigenvalue weighted by atomic mass is 9.87. The Bertz CT molecular complexity index is 1370. The lowest BCUT2D eigenvalue weighted by Crippen LogP contribution is -2.17. The molecule has 0 aliphatic carbocycles. The quantitative estimate of drug-likeness (QED) is 0.494. The summed E-state index contributed by atoms with van der Waals surface area (Å²) in [7, 11) is -3.82. The molecule has 0 amide bonds. The van der Waals surface area contributed by atoms with Gasteiger partial charge in [-0.1, -0.05) is 57.2 Å². The third kappa shape index (κ3) is 3.98. The van der Waals surface area contributed by atoms with E-state index in [0.717, 1.165) is 16.3 Å². The lowest BCUT2D eigenvalue weighted by Gasteiger charge is -2.19. The van der Waals surface area contributed by atoms with Gasteiger partial charge in [0.15, 0.2) is 5.82 Å². The number of pyridine rings is 1. The Labute approximate surface area is 182 Å². The van der Waals surface area contributed by atoms with Gasteiger partial charge in [0.2, 0.25) is 0 Å². The van der Waals surface area contributed by atoms with Gasteiger partial charge < -0.3 is 5.73 Å². The van der Waals surface area contributed by atoms with E-state index in [1.807, 2.05) is 36.4 Å². The number of aryl methyl sites for hydroxylation is 1. The smallest absolute Gasteiger partial charge is 0.263 e. The van der Waals surface area contributed by atoms with Crippen LogP contribution in [-0.2, 0) is 15.4 Å². The molecule has 0 saturated carbocycles. The summed E-state index contributed by atoms with van der Waals surface area (Å²) in [6.07, 6.45) is 1.55. The number of hydrogen-bond acceptors (Lipinski definition) is 5. The van der Waals surface area contributed by atoms with Crippen LogP contribution in [0.25, 0.3) is 16.6 Å². The van der Waals surface area contributed by atoms with Gasteiger partial charge in [-0.2, -0.15) is 9.78 Å². The van der Waals surface area contributed by atoms with Crippen molar-refractivity contribution < 1.29 is 8.42 Å². The molecule has 0 saturated heterocycles. The number of benzene rings is 2. The van der Waals surface area contributed by atoms with Crippen molar-refractivity contribution in [3.8, 4) is 5.82 Å². The molecule has 0 radical (unpaired) electrons. The number of nitrogens with zero attached hydrogens (tertiary/aromatic N) is 3. The molecule has 0 bridgehead atoms. The number of aromatic nitrogens is 3. The van der Waals surface area contributed by atoms with Crippen LogP contribution in [-0.4, -0.2) is 23.2 Å². The fourth-order valence-electron chi connectivity index (χ4n) is 3.43. The van der Waals surface area contributed by atoms with E-state index in [9.17, 15) is 8.42 Å². The van der Waals surface area contributed by atoms with Crippen molar-refractivity contribution in [2.24, 2.45) is 0 Å². The van der Waals surface area contributed by atoms with Crippen LogP contribution in [0.2, 0.25) is 0 Å². The molecule has 4 aromatic rings. The molecule has 2 aromatic carbocycles. The predicted octanol–water partition coefficient (Wildman–Crippen LogP) is 4.41. The molecule has 0 atom stereocenters. The largest absolute Gasteiger partial charge is 0.397 e. The van der Waals surface area contributed by atoms with Crippen LogP contribution >= 0.6 is 0 Å². The van der Waals surface area contributed by atoms with Crippen LogP contribution in [0, 0.1) is 6.92 Å². The number of nitrogens with one attached hydrogen (secondary N) is 1. The molecule has 160 valence electrons. The van der Waals surface area contributed by atoms with Crippen molar-refractivity contribution in [2.75, 3.05) is 10.5 Å². The van der Waals surface area contributed by atoms with Crippen LogP contribution < -0.4 is 10.5 Å². The first kappa shape index (κ1) is 20.9. The van der Waals surface area contributed by atoms with Gasteiger partial charge in [0, 0.05) is 16.8 Å². The van der Waals surface area contributed by atoms with Gasteiger partial charge in [0.05, 0.1) is 22.5 Å². The predicted molar refractivity (Wildman–Crippen MR) is 124 cm³/mol. The van der Waals surface area contributed by atoms with Gasteiger partial charge in [-0.05, 0) is 30.0 Å². The Morgan fingerprint density at radius 3 is 2.29 bits per heavy atom. The van der Waals surface area contributed by atoms with E-state index in [2.05, 4.69) is 35.6 Å². The van der Waals surface area contributed by atoms with Gasteiger partial charge >= 0.3 is 0 Å². The number of fused-ring (bicyclic) bond motifs is 1. The van der Waals surface area contributed by atoms with Gasteiger partial charge in [0.25, 0.3) is 10.0 Å². The van der Waals surface area contributed by atoms with Crippen molar-refractivity contribution in [3.63, 3.8) is 0 Å². The number of rotatable bonds is 4. The molecule has 0 spiro atoms. The summed E-state index contributed by atoms with van der Waals surface area (Å²) in [6.45, 7) is 8.05. The van der Waals surface area contributed by atoms with E-state index < -0.39 is 10.0 Å². The monoisotopic (exact) mass is 435 g/mol. The van der Waals surface area contributed by atoms with Crippen LogP contribution in [0.15, 0.2) is 65.7 Å². The second kappa shape index (κ2) is 7.39. The molecule has 8 heteroatoms. The van der Waals surface area contributed by atoms with Crippen molar-refractivity contribution in [1.29, 1.82) is 0 Å². The Kier molecular flexibility index (Phi) is 4.97. The maximum Gasteiger partial charge on any atom is 0.263 e. The average molecular weight is 436 g/mol. The highest BCUT2D eigenvalue weighted by atomic mass is 32.2. The first-order valence-corrected chi connectivity index (χ1v) is 11.4. The fourth-order valence-corrected chi connectivity index (χ4v) is 4.47. The lowest BCUT2D eigenvalue weighted by molar-refractivity contribution is 0.587. The third-order valence-corrected chi connectivity index (χ3v) is 6.48. The van der Waals surface area contributed by atoms with Gasteiger partial charge in [-0.25, -0.2) is 13.4 Å². The summed E-state index contributed by atoms with van der Waals surface area (Å²) in [5, 5.41) is 6.08. The first-order chi connectivity index (χ1) is 14.6. The summed E-state index contributed by atoms with van der Waals surface area (Å²) in [4.78, 5) is 4.61. The van der Waals surface area contributed by atoms with E-state index in [0.29, 0.717) is 23.0 Å². The molecule has 0 aliphatic heterocycles. The molecule has 0 aliphatic rings. The highest BCUT2D eigenvalue weighted by Crippen LogP contribution is 2.29. The summed E-state index contributed by atoms with van der Waals surface area (Å²) in [5.41, 5.74) is 8.26. The molecule has 0 fully saturated rings. The minimum atomic E-state index is -3.82. The zero-order valence-electron chi connectivity index (χ0n) is 17.9. The van der Waals surface area contributed by atoms with Crippen molar-refractivity contribution in [3.05, 3.63) is 72.1 Å². The van der Waals surface area contributed by atoms with Crippen LogP contribution in [0.3, 0.4) is 0 Å². The van der Waals surface area contributed by atoms with Gasteiger partial charge in [-0.3, -0.25) is 4.72 Å². The zero-order chi connectivity index (χ0) is 22.4. The van der Waals surface area contributed by atoms with E-state index in [1.54, 1.807) is 31.3 Å². The summed E-state index contributed by atoms with van der Waals surface area (Å²) in [6, 6.07) is 16.1. The fraction of sp³-hybridized carbons (Fsp3) is 0.217. The minimum Gasteiger partial charge on any atom is -0.397 e. The van der Waals surface area contributed by atoms with Crippen LogP contribution in [0.5, 0.6) is 0 Å². The SMILES string of the molecule is Cc1cc(NS(=O)(=O)c2ccc(C(C)(C)C)cc2)n(-c2ncc(N)c3ccccc23)n1. The highest BCUT2D eigenvalue weighted by molar-refractivity contribution is 7.92. The Morgan fingerprint density at radius 1 is 1.00 bits per heavy atom. The number of nitrogen functional groups attached to an aromatic ring is 1. The normalized spacial score (nSPS) is 12.3. The first-order valence-electron chi connectivity index (χ1n) is 9.90. The Balaban J connectivity index is 1.76.